The molecule has 0 radical (unpaired) electrons. The fourth-order valence-electron chi connectivity index (χ4n) is 3.27. The smallest absolute Gasteiger partial charge is 0.137 e. The second-order valence-corrected chi connectivity index (χ2v) is 6.51. The first-order valence-corrected chi connectivity index (χ1v) is 9.25. The van der Waals surface area contributed by atoms with Crippen molar-refractivity contribution >= 4 is 22.4 Å². The Balaban J connectivity index is 1.83. The molecule has 4 aromatic rings. The number of alkyl halides is 1. The van der Waals surface area contributed by atoms with Crippen LogP contribution in [-0.4, -0.2) is 5.88 Å². The Morgan fingerprint density at radius 2 is 1.35 bits per heavy atom. The fraction of sp³-hybridized carbons (Fsp3) is 0.0833. The lowest BCUT2D eigenvalue weighted by Gasteiger charge is -2.20. The first kappa shape index (κ1) is 16.7. The first-order valence-electron chi connectivity index (χ1n) is 8.71. The Bertz CT molecular complexity index is 991. The van der Waals surface area contributed by atoms with Gasteiger partial charge in [-0.1, -0.05) is 91.0 Å². The summed E-state index contributed by atoms with van der Waals surface area (Å²) in [6.45, 7) is 0. The lowest BCUT2D eigenvalue weighted by Crippen LogP contribution is -2.09. The molecule has 26 heavy (non-hydrogen) atoms. The molecular weight excluding hydrogens is 340 g/mol. The van der Waals surface area contributed by atoms with E-state index in [9.17, 15) is 0 Å². The Morgan fingerprint density at radius 3 is 2.04 bits per heavy atom. The molecule has 1 nitrogen and oxygen atoms in total. The second-order valence-electron chi connectivity index (χ2n) is 6.20. The van der Waals surface area contributed by atoms with Crippen LogP contribution in [-0.2, 0) is 0 Å². The van der Waals surface area contributed by atoms with Crippen molar-refractivity contribution in [1.29, 1.82) is 0 Å². The van der Waals surface area contributed by atoms with Gasteiger partial charge in [0.1, 0.15) is 11.9 Å². The summed E-state index contributed by atoms with van der Waals surface area (Å²) in [4.78, 5) is 0. The molecule has 0 aliphatic rings. The van der Waals surface area contributed by atoms with Crippen molar-refractivity contribution < 1.29 is 4.74 Å². The van der Waals surface area contributed by atoms with Crippen LogP contribution in [0.25, 0.3) is 21.9 Å². The number of hydrogen-bond acceptors (Lipinski definition) is 1. The van der Waals surface area contributed by atoms with Gasteiger partial charge in [0.05, 0.1) is 5.88 Å². The van der Waals surface area contributed by atoms with Crippen molar-refractivity contribution in [2.24, 2.45) is 0 Å². The molecule has 4 rings (SSSR count). The van der Waals surface area contributed by atoms with Crippen LogP contribution < -0.4 is 4.74 Å². The maximum Gasteiger partial charge on any atom is 0.137 e. The first-order chi connectivity index (χ1) is 12.9. The lowest BCUT2D eigenvalue weighted by molar-refractivity contribution is 0.233. The summed E-state index contributed by atoms with van der Waals surface area (Å²) in [5, 5.41) is 2.28. The molecule has 0 heterocycles. The Labute approximate surface area is 158 Å². The molecule has 0 saturated carbocycles. The predicted molar refractivity (Wildman–Crippen MR) is 110 cm³/mol. The number of hydrogen-bond donors (Lipinski definition) is 0. The van der Waals surface area contributed by atoms with E-state index in [-0.39, 0.29) is 6.10 Å². The van der Waals surface area contributed by atoms with Crippen LogP contribution in [0.4, 0.5) is 0 Å². The molecule has 128 valence electrons. The van der Waals surface area contributed by atoms with Gasteiger partial charge in [0, 0.05) is 5.39 Å². The van der Waals surface area contributed by atoms with Gasteiger partial charge >= 0.3 is 0 Å². The third-order valence-electron chi connectivity index (χ3n) is 4.53. The minimum Gasteiger partial charge on any atom is -0.484 e. The van der Waals surface area contributed by atoms with Gasteiger partial charge in [-0.2, -0.15) is 0 Å². The molecule has 1 atom stereocenters. The van der Waals surface area contributed by atoms with E-state index in [4.69, 9.17) is 16.3 Å². The van der Waals surface area contributed by atoms with Crippen LogP contribution in [0.3, 0.4) is 0 Å². The molecule has 4 aromatic carbocycles. The van der Waals surface area contributed by atoms with Crippen molar-refractivity contribution in [3.8, 4) is 16.9 Å². The topological polar surface area (TPSA) is 9.23 Å². The van der Waals surface area contributed by atoms with E-state index in [1.165, 1.54) is 11.1 Å². The van der Waals surface area contributed by atoms with Crippen LogP contribution in [0.5, 0.6) is 5.75 Å². The van der Waals surface area contributed by atoms with Crippen molar-refractivity contribution in [2.45, 2.75) is 6.10 Å². The number of benzene rings is 4. The lowest BCUT2D eigenvalue weighted by atomic mass is 9.97. The van der Waals surface area contributed by atoms with E-state index >= 15 is 0 Å². The molecule has 0 aliphatic carbocycles. The highest BCUT2D eigenvalue weighted by Gasteiger charge is 2.15. The Hall–Kier alpha value is -2.77. The van der Waals surface area contributed by atoms with Gasteiger partial charge in [-0.15, -0.1) is 11.6 Å². The summed E-state index contributed by atoms with van der Waals surface area (Å²) in [6, 6.07) is 33.0. The van der Waals surface area contributed by atoms with Crippen LogP contribution in [0.15, 0.2) is 97.1 Å². The highest BCUT2D eigenvalue weighted by molar-refractivity contribution is 6.18. The van der Waals surface area contributed by atoms with Crippen LogP contribution in [0, 0.1) is 0 Å². The molecule has 2 heteroatoms. The van der Waals surface area contributed by atoms with Crippen molar-refractivity contribution in [3.05, 3.63) is 103 Å². The van der Waals surface area contributed by atoms with Gasteiger partial charge in [0.15, 0.2) is 0 Å². The third-order valence-corrected chi connectivity index (χ3v) is 4.81. The molecular formula is C24H19ClO. The van der Waals surface area contributed by atoms with E-state index < -0.39 is 0 Å². The summed E-state index contributed by atoms with van der Waals surface area (Å²) >= 11 is 6.23. The van der Waals surface area contributed by atoms with Gasteiger partial charge in [-0.25, -0.2) is 0 Å². The average molecular weight is 359 g/mol. The molecule has 0 saturated heterocycles. The van der Waals surface area contributed by atoms with Crippen LogP contribution >= 0.6 is 11.6 Å². The van der Waals surface area contributed by atoms with Gasteiger partial charge in [-0.3, -0.25) is 0 Å². The molecule has 0 N–H and O–H groups in total. The molecule has 0 fully saturated rings. The van der Waals surface area contributed by atoms with Crippen LogP contribution in [0.1, 0.15) is 11.7 Å². The summed E-state index contributed by atoms with van der Waals surface area (Å²) in [5.41, 5.74) is 3.42. The van der Waals surface area contributed by atoms with E-state index in [1.807, 2.05) is 36.4 Å². The SMILES string of the molecule is ClCC(Oc1cccc2cccc(-c3ccccc3)c12)c1ccccc1. The predicted octanol–water partition coefficient (Wildman–Crippen LogP) is 6.87. The summed E-state index contributed by atoms with van der Waals surface area (Å²) < 4.78 is 6.39. The zero-order valence-electron chi connectivity index (χ0n) is 14.3. The molecule has 0 amide bonds. The average Bonchev–Trinajstić information content (AvgIpc) is 2.73. The quantitative estimate of drug-likeness (QED) is 0.354. The monoisotopic (exact) mass is 358 g/mol. The normalized spacial score (nSPS) is 12.0. The Morgan fingerprint density at radius 1 is 0.692 bits per heavy atom. The van der Waals surface area contributed by atoms with Crippen molar-refractivity contribution in [2.75, 3.05) is 5.88 Å². The zero-order valence-corrected chi connectivity index (χ0v) is 15.1. The second kappa shape index (κ2) is 7.63. The molecule has 0 aromatic heterocycles. The number of fused-ring (bicyclic) bond motifs is 1. The minimum absolute atomic E-state index is 0.188. The number of halogens is 1. The highest BCUT2D eigenvalue weighted by atomic mass is 35.5. The van der Waals surface area contributed by atoms with E-state index in [0.29, 0.717) is 5.88 Å². The van der Waals surface area contributed by atoms with Gasteiger partial charge in [0.25, 0.3) is 0 Å². The van der Waals surface area contributed by atoms with Gasteiger partial charge in [-0.05, 0) is 28.1 Å². The standard InChI is InChI=1S/C24H19ClO/c25-17-23(19-11-5-2-6-12-19)26-22-16-8-14-20-13-7-15-21(24(20)22)18-9-3-1-4-10-18/h1-16,23H,17H2. The van der Waals surface area contributed by atoms with Crippen molar-refractivity contribution in [3.63, 3.8) is 0 Å². The largest absolute Gasteiger partial charge is 0.484 e. The van der Waals surface area contributed by atoms with E-state index in [0.717, 1.165) is 22.1 Å². The van der Waals surface area contributed by atoms with E-state index in [1.54, 1.807) is 0 Å². The van der Waals surface area contributed by atoms with Gasteiger partial charge < -0.3 is 4.74 Å². The maximum atomic E-state index is 6.39. The van der Waals surface area contributed by atoms with Gasteiger partial charge in [0.2, 0.25) is 0 Å². The molecule has 1 unspecified atom stereocenters. The molecule has 0 bridgehead atoms. The number of rotatable bonds is 5. The molecule has 0 spiro atoms. The number of ether oxygens (including phenoxy) is 1. The van der Waals surface area contributed by atoms with Crippen LogP contribution in [0.2, 0.25) is 0 Å². The Kier molecular flexibility index (Phi) is 4.90. The minimum atomic E-state index is -0.188. The third kappa shape index (κ3) is 3.31. The van der Waals surface area contributed by atoms with Crippen molar-refractivity contribution in [1.82, 2.24) is 0 Å². The molecule has 0 aliphatic heterocycles. The van der Waals surface area contributed by atoms with E-state index in [2.05, 4.69) is 60.7 Å². The zero-order chi connectivity index (χ0) is 17.8. The summed E-state index contributed by atoms with van der Waals surface area (Å²) in [7, 11) is 0. The maximum absolute atomic E-state index is 6.39. The summed E-state index contributed by atoms with van der Waals surface area (Å²) in [6.07, 6.45) is -0.188. The summed E-state index contributed by atoms with van der Waals surface area (Å²) in [5.74, 6) is 1.25. The fourth-order valence-corrected chi connectivity index (χ4v) is 3.51. The highest BCUT2D eigenvalue weighted by Crippen LogP contribution is 2.37.